The van der Waals surface area contributed by atoms with Gasteiger partial charge in [-0.15, -0.1) is 0 Å². The van der Waals surface area contributed by atoms with Gasteiger partial charge in [-0.2, -0.15) is 0 Å². The molecule has 0 heterocycles. The first-order valence-electron chi connectivity index (χ1n) is 5.63. The third kappa shape index (κ3) is 4.72. The largest absolute Gasteiger partial charge is 0.390 e. The molecular weight excluding hydrogens is 275 g/mol. The number of hydrogen-bond donors (Lipinski definition) is 3. The van der Waals surface area contributed by atoms with E-state index in [2.05, 4.69) is 0 Å². The molecule has 1 aromatic rings. The summed E-state index contributed by atoms with van der Waals surface area (Å²) in [6.45, 7) is 0.958. The van der Waals surface area contributed by atoms with Crippen LogP contribution in [0.2, 0.25) is 10.0 Å². The quantitative estimate of drug-likeness (QED) is 0.739. The fraction of sp³-hybridized carbons (Fsp3) is 0.500. The highest BCUT2D eigenvalue weighted by atomic mass is 35.5. The molecule has 1 aromatic carbocycles. The molecule has 102 valence electrons. The first-order chi connectivity index (χ1) is 8.43. The molecule has 2 unspecified atom stereocenters. The summed E-state index contributed by atoms with van der Waals surface area (Å²) in [7, 11) is 1.80. The molecule has 4 N–H and O–H groups in total. The zero-order valence-corrected chi connectivity index (χ0v) is 11.7. The van der Waals surface area contributed by atoms with E-state index in [-0.39, 0.29) is 6.54 Å². The Hall–Kier alpha value is -0.360. The summed E-state index contributed by atoms with van der Waals surface area (Å²) in [6.07, 6.45) is -1.33. The average Bonchev–Trinajstić information content (AvgIpc) is 2.28. The van der Waals surface area contributed by atoms with E-state index in [4.69, 9.17) is 28.9 Å². The van der Waals surface area contributed by atoms with Gasteiger partial charge in [-0.3, -0.25) is 0 Å². The molecule has 0 fully saturated rings. The second-order valence-electron chi connectivity index (χ2n) is 4.29. The van der Waals surface area contributed by atoms with Gasteiger partial charge >= 0.3 is 0 Å². The number of rotatable bonds is 6. The molecule has 0 aromatic heterocycles. The van der Waals surface area contributed by atoms with Crippen LogP contribution in [-0.4, -0.2) is 47.9 Å². The lowest BCUT2D eigenvalue weighted by molar-refractivity contribution is 0.0868. The molecule has 0 bridgehead atoms. The number of aliphatic hydroxyl groups is 2. The van der Waals surface area contributed by atoms with E-state index in [1.165, 1.54) is 0 Å². The van der Waals surface area contributed by atoms with Crippen molar-refractivity contribution in [3.63, 3.8) is 0 Å². The molecule has 18 heavy (non-hydrogen) atoms. The summed E-state index contributed by atoms with van der Waals surface area (Å²) in [5, 5.41) is 20.4. The van der Waals surface area contributed by atoms with E-state index in [1.807, 2.05) is 0 Å². The van der Waals surface area contributed by atoms with Crippen LogP contribution in [0.4, 0.5) is 0 Å². The van der Waals surface area contributed by atoms with Crippen LogP contribution in [0.5, 0.6) is 0 Å². The Kier molecular flexibility index (Phi) is 6.35. The number of hydrogen-bond acceptors (Lipinski definition) is 4. The second kappa shape index (κ2) is 7.28. The van der Waals surface area contributed by atoms with Gasteiger partial charge in [0.25, 0.3) is 0 Å². The minimum Gasteiger partial charge on any atom is -0.390 e. The number of benzene rings is 1. The van der Waals surface area contributed by atoms with Gasteiger partial charge in [0.2, 0.25) is 0 Å². The molecule has 0 spiro atoms. The summed E-state index contributed by atoms with van der Waals surface area (Å²) < 4.78 is 0. The first-order valence-corrected chi connectivity index (χ1v) is 6.39. The summed E-state index contributed by atoms with van der Waals surface area (Å²) in [5.41, 5.74) is 5.95. The number of nitrogens with two attached hydrogens (primary N) is 1. The number of likely N-dealkylation sites (N-methyl/N-ethyl adjacent to an activating group) is 1. The topological polar surface area (TPSA) is 69.7 Å². The lowest BCUT2D eigenvalue weighted by Crippen LogP contribution is -2.36. The molecule has 0 saturated heterocycles. The summed E-state index contributed by atoms with van der Waals surface area (Å²) in [4.78, 5) is 1.80. The van der Waals surface area contributed by atoms with Crippen LogP contribution in [-0.2, 0) is 0 Å². The maximum atomic E-state index is 10.1. The van der Waals surface area contributed by atoms with Crippen molar-refractivity contribution in [1.29, 1.82) is 0 Å². The molecule has 0 saturated carbocycles. The van der Waals surface area contributed by atoms with E-state index in [1.54, 1.807) is 30.1 Å². The number of aliphatic hydroxyl groups excluding tert-OH is 2. The highest BCUT2D eigenvalue weighted by molar-refractivity contribution is 6.35. The molecule has 0 radical (unpaired) electrons. The summed E-state index contributed by atoms with van der Waals surface area (Å²) >= 11 is 11.8. The standard InChI is InChI=1S/C12H18Cl2N2O2/c1-16(6-9(17)5-15)7-12(18)10-3-2-8(13)4-11(10)14/h2-4,9,12,17-18H,5-7,15H2,1H3. The summed E-state index contributed by atoms with van der Waals surface area (Å²) in [6, 6.07) is 4.97. The molecular formula is C12H18Cl2N2O2. The Bertz CT molecular complexity index is 390. The fourth-order valence-corrected chi connectivity index (χ4v) is 2.21. The maximum Gasteiger partial charge on any atom is 0.0931 e. The maximum absolute atomic E-state index is 10.1. The third-order valence-electron chi connectivity index (χ3n) is 2.60. The van der Waals surface area contributed by atoms with Gasteiger partial charge in [0, 0.05) is 35.2 Å². The zero-order chi connectivity index (χ0) is 13.7. The predicted octanol–water partition coefficient (Wildman–Crippen LogP) is 1.28. The minimum atomic E-state index is -0.732. The van der Waals surface area contributed by atoms with Crippen LogP contribution in [0.1, 0.15) is 11.7 Å². The first kappa shape index (κ1) is 15.7. The molecule has 2 atom stereocenters. The van der Waals surface area contributed by atoms with Gasteiger partial charge < -0.3 is 20.8 Å². The van der Waals surface area contributed by atoms with Crippen LogP contribution in [0.3, 0.4) is 0 Å². The lowest BCUT2D eigenvalue weighted by Gasteiger charge is -2.23. The monoisotopic (exact) mass is 292 g/mol. The van der Waals surface area contributed by atoms with E-state index >= 15 is 0 Å². The molecule has 1 rings (SSSR count). The van der Waals surface area contributed by atoms with Gasteiger partial charge in [0.15, 0.2) is 0 Å². The van der Waals surface area contributed by atoms with Gasteiger partial charge in [0.05, 0.1) is 12.2 Å². The second-order valence-corrected chi connectivity index (χ2v) is 5.14. The Balaban J connectivity index is 2.61. The Labute approximate surface area is 117 Å². The fourth-order valence-electron chi connectivity index (χ4n) is 1.67. The molecule has 0 amide bonds. The Morgan fingerprint density at radius 1 is 1.28 bits per heavy atom. The molecule has 0 aliphatic rings. The highest BCUT2D eigenvalue weighted by Gasteiger charge is 2.15. The van der Waals surface area contributed by atoms with Crippen molar-refractivity contribution < 1.29 is 10.2 Å². The van der Waals surface area contributed by atoms with Crippen LogP contribution in [0, 0.1) is 0 Å². The number of nitrogens with zero attached hydrogens (tertiary/aromatic N) is 1. The van der Waals surface area contributed by atoms with Crippen molar-refractivity contribution >= 4 is 23.2 Å². The van der Waals surface area contributed by atoms with Crippen LogP contribution in [0.25, 0.3) is 0 Å². The highest BCUT2D eigenvalue weighted by Crippen LogP contribution is 2.26. The SMILES string of the molecule is CN(CC(O)CN)CC(O)c1ccc(Cl)cc1Cl. The van der Waals surface area contributed by atoms with E-state index in [0.29, 0.717) is 28.7 Å². The molecule has 0 aliphatic heterocycles. The molecule has 0 aliphatic carbocycles. The van der Waals surface area contributed by atoms with Crippen molar-refractivity contribution in [2.75, 3.05) is 26.7 Å². The molecule has 6 heteroatoms. The molecule has 4 nitrogen and oxygen atoms in total. The van der Waals surface area contributed by atoms with Gasteiger partial charge in [-0.05, 0) is 19.2 Å². The van der Waals surface area contributed by atoms with Gasteiger partial charge in [0.1, 0.15) is 0 Å². The average molecular weight is 293 g/mol. The van der Waals surface area contributed by atoms with Gasteiger partial charge in [-0.1, -0.05) is 29.3 Å². The van der Waals surface area contributed by atoms with Crippen molar-refractivity contribution in [3.8, 4) is 0 Å². The van der Waals surface area contributed by atoms with Crippen molar-refractivity contribution in [2.45, 2.75) is 12.2 Å². The predicted molar refractivity (Wildman–Crippen MR) is 74.0 cm³/mol. The van der Waals surface area contributed by atoms with Crippen LogP contribution >= 0.6 is 23.2 Å². The summed E-state index contributed by atoms with van der Waals surface area (Å²) in [5.74, 6) is 0. The van der Waals surface area contributed by atoms with Crippen LogP contribution in [0.15, 0.2) is 18.2 Å². The smallest absolute Gasteiger partial charge is 0.0931 e. The van der Waals surface area contributed by atoms with Crippen molar-refractivity contribution in [1.82, 2.24) is 4.90 Å². The Morgan fingerprint density at radius 3 is 2.50 bits per heavy atom. The van der Waals surface area contributed by atoms with E-state index in [0.717, 1.165) is 0 Å². The van der Waals surface area contributed by atoms with Crippen molar-refractivity contribution in [2.24, 2.45) is 5.73 Å². The zero-order valence-electron chi connectivity index (χ0n) is 10.2. The number of halogens is 2. The van der Waals surface area contributed by atoms with Crippen LogP contribution < -0.4 is 5.73 Å². The van der Waals surface area contributed by atoms with Crippen molar-refractivity contribution in [3.05, 3.63) is 33.8 Å². The minimum absolute atomic E-state index is 0.197. The van der Waals surface area contributed by atoms with E-state index in [9.17, 15) is 10.2 Å². The Morgan fingerprint density at radius 2 is 1.94 bits per heavy atom. The lowest BCUT2D eigenvalue weighted by atomic mass is 10.1. The normalized spacial score (nSPS) is 14.8. The van der Waals surface area contributed by atoms with Gasteiger partial charge in [-0.25, -0.2) is 0 Å². The van der Waals surface area contributed by atoms with E-state index < -0.39 is 12.2 Å². The third-order valence-corrected chi connectivity index (χ3v) is 3.16.